The number of hydrogen-bond donors (Lipinski definition) is 1. The first kappa shape index (κ1) is 27.7. The van der Waals surface area contributed by atoms with Crippen LogP contribution in [0.5, 0.6) is 5.75 Å². The highest BCUT2D eigenvalue weighted by Crippen LogP contribution is 2.28. The van der Waals surface area contributed by atoms with E-state index >= 15 is 0 Å². The minimum atomic E-state index is -0.966. The van der Waals surface area contributed by atoms with Gasteiger partial charge in [-0.2, -0.15) is 0 Å². The van der Waals surface area contributed by atoms with Gasteiger partial charge in [0.05, 0.1) is 6.42 Å². The molecule has 4 aromatic carbocycles. The van der Waals surface area contributed by atoms with Crippen molar-refractivity contribution in [1.82, 2.24) is 0 Å². The maximum atomic E-state index is 12.7. The Balaban J connectivity index is 1.18. The maximum Gasteiger partial charge on any atom is 0.307 e. The normalized spacial score (nSPS) is 11.3. The summed E-state index contributed by atoms with van der Waals surface area (Å²) in [4.78, 5) is 39.4. The van der Waals surface area contributed by atoms with Crippen LogP contribution in [0.25, 0.3) is 0 Å². The average Bonchev–Trinajstić information content (AvgIpc) is 2.97. The number of rotatable bonds is 12. The largest absolute Gasteiger partial charge is 0.489 e. The van der Waals surface area contributed by atoms with Crippen LogP contribution in [0.2, 0.25) is 0 Å². The van der Waals surface area contributed by atoms with Crippen LogP contribution in [0.4, 0.5) is 5.69 Å². The molecule has 1 unspecified atom stereocenters. The van der Waals surface area contributed by atoms with E-state index in [4.69, 9.17) is 9.47 Å². The van der Waals surface area contributed by atoms with Crippen molar-refractivity contribution >= 4 is 35.1 Å². The molecule has 4 aromatic rings. The lowest BCUT2D eigenvalue weighted by atomic mass is 10.1. The smallest absolute Gasteiger partial charge is 0.307 e. The van der Waals surface area contributed by atoms with Gasteiger partial charge in [-0.15, -0.1) is 0 Å². The Labute approximate surface area is 232 Å². The SMILES string of the molecule is CC(OC(=O)CCC(=O)Nc1ccc(Sc2ccccc2)cc1)C(=O)c1ccc(OCc2ccccc2)cc1. The molecule has 0 fully saturated rings. The molecule has 0 aliphatic carbocycles. The molecule has 4 rings (SSSR count). The van der Waals surface area contributed by atoms with Crippen molar-refractivity contribution in [2.24, 2.45) is 0 Å². The summed E-state index contributed by atoms with van der Waals surface area (Å²) in [5.41, 5.74) is 2.10. The summed E-state index contributed by atoms with van der Waals surface area (Å²) in [6.07, 6.45) is -1.14. The van der Waals surface area contributed by atoms with Crippen molar-refractivity contribution in [1.29, 1.82) is 0 Å². The molecule has 39 heavy (non-hydrogen) atoms. The highest BCUT2D eigenvalue weighted by molar-refractivity contribution is 7.99. The van der Waals surface area contributed by atoms with Crippen LogP contribution >= 0.6 is 11.8 Å². The van der Waals surface area contributed by atoms with Gasteiger partial charge in [0.25, 0.3) is 0 Å². The molecule has 0 radical (unpaired) electrons. The molecule has 1 amide bonds. The number of carbonyl (C=O) groups excluding carboxylic acids is 3. The van der Waals surface area contributed by atoms with Crippen LogP contribution in [0, 0.1) is 0 Å². The molecule has 7 heteroatoms. The van der Waals surface area contributed by atoms with Crippen molar-refractivity contribution in [2.75, 3.05) is 5.32 Å². The van der Waals surface area contributed by atoms with Crippen LogP contribution < -0.4 is 10.1 Å². The van der Waals surface area contributed by atoms with Crippen molar-refractivity contribution in [3.63, 3.8) is 0 Å². The Morgan fingerprint density at radius 2 is 1.36 bits per heavy atom. The molecule has 1 N–H and O–H groups in total. The fourth-order valence-corrected chi connectivity index (χ4v) is 4.51. The summed E-state index contributed by atoms with van der Waals surface area (Å²) >= 11 is 1.63. The van der Waals surface area contributed by atoms with Crippen LogP contribution in [-0.2, 0) is 20.9 Å². The van der Waals surface area contributed by atoms with Gasteiger partial charge in [0.15, 0.2) is 6.10 Å². The highest BCUT2D eigenvalue weighted by atomic mass is 32.2. The monoisotopic (exact) mass is 539 g/mol. The lowest BCUT2D eigenvalue weighted by molar-refractivity contribution is -0.147. The van der Waals surface area contributed by atoms with Crippen LogP contribution in [0.15, 0.2) is 119 Å². The van der Waals surface area contributed by atoms with Gasteiger partial charge < -0.3 is 14.8 Å². The van der Waals surface area contributed by atoms with Crippen molar-refractivity contribution < 1.29 is 23.9 Å². The molecule has 0 spiro atoms. The van der Waals surface area contributed by atoms with E-state index in [9.17, 15) is 14.4 Å². The molecule has 0 saturated heterocycles. The van der Waals surface area contributed by atoms with Gasteiger partial charge in [-0.05, 0) is 73.2 Å². The lowest BCUT2D eigenvalue weighted by Crippen LogP contribution is -2.25. The summed E-state index contributed by atoms with van der Waals surface area (Å²) in [5, 5.41) is 2.78. The molecule has 0 aliphatic rings. The molecule has 0 heterocycles. The van der Waals surface area contributed by atoms with E-state index in [2.05, 4.69) is 5.32 Å². The van der Waals surface area contributed by atoms with E-state index < -0.39 is 12.1 Å². The molecule has 1 atom stereocenters. The average molecular weight is 540 g/mol. The minimum absolute atomic E-state index is 0.0479. The van der Waals surface area contributed by atoms with Crippen LogP contribution in [0.1, 0.15) is 35.7 Å². The van der Waals surface area contributed by atoms with Crippen molar-refractivity contribution in [2.45, 2.75) is 42.3 Å². The van der Waals surface area contributed by atoms with Crippen molar-refractivity contribution in [3.8, 4) is 5.75 Å². The van der Waals surface area contributed by atoms with Gasteiger partial charge in [-0.1, -0.05) is 60.3 Å². The van der Waals surface area contributed by atoms with Gasteiger partial charge >= 0.3 is 5.97 Å². The number of ketones is 1. The van der Waals surface area contributed by atoms with E-state index in [1.807, 2.05) is 84.9 Å². The number of benzene rings is 4. The molecule has 6 nitrogen and oxygen atoms in total. The Morgan fingerprint density at radius 1 is 0.744 bits per heavy atom. The third-order valence-corrected chi connectivity index (χ3v) is 6.75. The van der Waals surface area contributed by atoms with Gasteiger partial charge in [0.2, 0.25) is 11.7 Å². The number of esters is 1. The Kier molecular flexibility index (Phi) is 9.92. The van der Waals surface area contributed by atoms with E-state index in [0.717, 1.165) is 15.4 Å². The fourth-order valence-electron chi connectivity index (χ4n) is 3.67. The van der Waals surface area contributed by atoms with Crippen LogP contribution in [0.3, 0.4) is 0 Å². The van der Waals surface area contributed by atoms with Gasteiger partial charge in [-0.3, -0.25) is 14.4 Å². The standard InChI is InChI=1S/C32H29NO5S/c1-23(32(36)25-12-16-27(17-13-25)37-22-24-8-4-2-5-9-24)38-31(35)21-20-30(34)33-26-14-18-29(19-15-26)39-28-10-6-3-7-11-28/h2-19,23H,20-22H2,1H3,(H,33,34). The van der Waals surface area contributed by atoms with Crippen molar-refractivity contribution in [3.05, 3.63) is 120 Å². The highest BCUT2D eigenvalue weighted by Gasteiger charge is 2.20. The zero-order valence-corrected chi connectivity index (χ0v) is 22.4. The van der Waals surface area contributed by atoms with Gasteiger partial charge in [0.1, 0.15) is 12.4 Å². The summed E-state index contributed by atoms with van der Waals surface area (Å²) in [7, 11) is 0. The summed E-state index contributed by atoms with van der Waals surface area (Å²) in [5.74, 6) is -0.601. The number of carbonyl (C=O) groups is 3. The topological polar surface area (TPSA) is 81.7 Å². The molecular formula is C32H29NO5S. The lowest BCUT2D eigenvalue weighted by Gasteiger charge is -2.13. The first-order chi connectivity index (χ1) is 19.0. The molecule has 0 aliphatic heterocycles. The zero-order chi connectivity index (χ0) is 27.5. The van der Waals surface area contributed by atoms with Crippen LogP contribution in [-0.4, -0.2) is 23.8 Å². The second-order valence-electron chi connectivity index (χ2n) is 8.78. The summed E-state index contributed by atoms with van der Waals surface area (Å²) in [6, 6.07) is 34.0. The van der Waals surface area contributed by atoms with Gasteiger partial charge in [-0.25, -0.2) is 0 Å². The third-order valence-electron chi connectivity index (χ3n) is 5.74. The Hall–Kier alpha value is -4.36. The van der Waals surface area contributed by atoms with E-state index in [1.54, 1.807) is 36.0 Å². The number of amides is 1. The molecular weight excluding hydrogens is 510 g/mol. The number of nitrogens with one attached hydrogen (secondary N) is 1. The quantitative estimate of drug-likeness (QED) is 0.155. The summed E-state index contributed by atoms with van der Waals surface area (Å²) in [6.45, 7) is 1.95. The molecule has 198 valence electrons. The molecule has 0 saturated carbocycles. The summed E-state index contributed by atoms with van der Waals surface area (Å²) < 4.78 is 11.0. The molecule has 0 aromatic heterocycles. The Bertz CT molecular complexity index is 1370. The minimum Gasteiger partial charge on any atom is -0.489 e. The number of anilines is 1. The fraction of sp³-hybridized carbons (Fsp3) is 0.156. The first-order valence-electron chi connectivity index (χ1n) is 12.6. The molecule has 0 bridgehead atoms. The number of Topliss-reactive ketones (excluding diaryl/α,β-unsaturated/α-hetero) is 1. The predicted octanol–water partition coefficient (Wildman–Crippen LogP) is 6.95. The zero-order valence-electron chi connectivity index (χ0n) is 21.5. The van der Waals surface area contributed by atoms with Gasteiger partial charge in [0, 0.05) is 27.5 Å². The van der Waals surface area contributed by atoms with E-state index in [0.29, 0.717) is 23.6 Å². The second kappa shape index (κ2) is 14.0. The second-order valence-corrected chi connectivity index (χ2v) is 9.93. The first-order valence-corrected chi connectivity index (χ1v) is 13.4. The van der Waals surface area contributed by atoms with E-state index in [-0.39, 0.29) is 24.5 Å². The third kappa shape index (κ3) is 8.86. The number of hydrogen-bond acceptors (Lipinski definition) is 6. The van der Waals surface area contributed by atoms with E-state index in [1.165, 1.54) is 6.92 Å². The maximum absolute atomic E-state index is 12.7. The predicted molar refractivity (Wildman–Crippen MR) is 152 cm³/mol. The number of ether oxygens (including phenoxy) is 2. The Morgan fingerprint density at radius 3 is 2.03 bits per heavy atom.